The number of phosphoric acid groups is 1. The van der Waals surface area contributed by atoms with Gasteiger partial charge in [-0.25, -0.2) is 4.57 Å². The van der Waals surface area contributed by atoms with Gasteiger partial charge in [0.1, 0.15) is 0 Å². The second-order valence-corrected chi connectivity index (χ2v) is 7.78. The molecule has 3 rings (SSSR count). The number of rotatable bonds is 1. The van der Waals surface area contributed by atoms with Crippen LogP contribution in [0.5, 0.6) is 0 Å². The summed E-state index contributed by atoms with van der Waals surface area (Å²) in [7, 11) is -3.65. The fourth-order valence-corrected chi connectivity index (χ4v) is 4.33. The Morgan fingerprint density at radius 3 is 2.68 bits per heavy atom. The van der Waals surface area contributed by atoms with E-state index in [4.69, 9.17) is 18.3 Å². The van der Waals surface area contributed by atoms with Crippen LogP contribution >= 0.6 is 7.82 Å². The quantitative estimate of drug-likeness (QED) is 0.433. The van der Waals surface area contributed by atoms with Crippen molar-refractivity contribution in [3.05, 3.63) is 41.5 Å². The molecule has 0 radical (unpaired) electrons. The van der Waals surface area contributed by atoms with E-state index in [0.717, 1.165) is 11.1 Å². The van der Waals surface area contributed by atoms with Gasteiger partial charge in [0.2, 0.25) is 0 Å². The molecule has 5 nitrogen and oxygen atoms in total. The molecule has 2 aliphatic heterocycles. The fourth-order valence-electron chi connectivity index (χ4n) is 2.58. The summed E-state index contributed by atoms with van der Waals surface area (Å²) in [6.45, 7) is 7.68. The molecule has 3 atom stereocenters. The Balaban J connectivity index is 0.00000176. The van der Waals surface area contributed by atoms with Crippen LogP contribution in [0.1, 0.15) is 44.9 Å². The van der Waals surface area contributed by atoms with Gasteiger partial charge < -0.3 is 9.26 Å². The van der Waals surface area contributed by atoms with E-state index in [1.165, 1.54) is 0 Å². The van der Waals surface area contributed by atoms with E-state index in [9.17, 15) is 4.57 Å². The Morgan fingerprint density at radius 2 is 2.00 bits per heavy atom. The van der Waals surface area contributed by atoms with Crippen molar-refractivity contribution in [3.8, 4) is 0 Å². The molecule has 0 aliphatic carbocycles. The predicted molar refractivity (Wildman–Crippen MR) is 77.3 cm³/mol. The van der Waals surface area contributed by atoms with Gasteiger partial charge in [0.15, 0.2) is 0 Å². The molecule has 2 heterocycles. The first-order valence-corrected chi connectivity index (χ1v) is 8.45. The van der Waals surface area contributed by atoms with E-state index in [0.29, 0.717) is 12.7 Å². The molecule has 0 N–H and O–H groups in total. The summed E-state index contributed by atoms with van der Waals surface area (Å²) in [5, 5.41) is 0. The molecule has 7 heteroatoms. The summed E-state index contributed by atoms with van der Waals surface area (Å²) >= 11 is 0. The van der Waals surface area contributed by atoms with E-state index in [1.54, 1.807) is 6.92 Å². The minimum atomic E-state index is -3.65. The minimum Gasteiger partial charge on any atom is -0.459 e. The number of fused-ring (bicyclic) bond motifs is 3. The van der Waals surface area contributed by atoms with Gasteiger partial charge in [0.05, 0.1) is 18.3 Å². The van der Waals surface area contributed by atoms with Crippen molar-refractivity contribution in [2.45, 2.75) is 52.1 Å². The van der Waals surface area contributed by atoms with Crippen molar-refractivity contribution in [1.29, 1.82) is 0 Å². The average Bonchev–Trinajstić information content (AvgIpc) is 2.35. The van der Waals surface area contributed by atoms with Gasteiger partial charge >= 0.3 is 7.82 Å². The number of hydrogen-bond acceptors (Lipinski definition) is 5. The summed E-state index contributed by atoms with van der Waals surface area (Å²) in [6.07, 6.45) is -0.282. The molecule has 1 saturated heterocycles. The third-order valence-electron chi connectivity index (χ3n) is 3.34. The third kappa shape index (κ3) is 3.72. The van der Waals surface area contributed by atoms with Crippen LogP contribution in [-0.2, 0) is 50.5 Å². The monoisotopic (exact) mass is 495 g/mol. The molecule has 0 bridgehead atoms. The molecule has 22 heavy (non-hydrogen) atoms. The van der Waals surface area contributed by atoms with Crippen LogP contribution < -0.4 is 0 Å². The average molecular weight is 495 g/mol. The molecule has 122 valence electrons. The third-order valence-corrected chi connectivity index (χ3v) is 5.11. The van der Waals surface area contributed by atoms with E-state index in [1.807, 2.05) is 45.0 Å². The van der Waals surface area contributed by atoms with Crippen molar-refractivity contribution in [2.24, 2.45) is 0 Å². The zero-order chi connectivity index (χ0) is 15.3. The van der Waals surface area contributed by atoms with Crippen LogP contribution in [0.25, 0.3) is 0 Å². The van der Waals surface area contributed by atoms with Crippen LogP contribution in [0, 0.1) is 6.10 Å². The Morgan fingerprint density at radius 1 is 1.32 bits per heavy atom. The number of hydrogen-bond donors (Lipinski definition) is 0. The van der Waals surface area contributed by atoms with Gasteiger partial charge in [0, 0.05) is 21.1 Å². The summed E-state index contributed by atoms with van der Waals surface area (Å²) in [4.78, 5) is 0. The number of ether oxygens (including phenoxy) is 1. The van der Waals surface area contributed by atoms with E-state index in [2.05, 4.69) is 0 Å². The van der Waals surface area contributed by atoms with Gasteiger partial charge in [-0.05, 0) is 38.0 Å². The summed E-state index contributed by atoms with van der Waals surface area (Å²) in [5.41, 5.74) is 1.39. The molecule has 0 saturated carbocycles. The van der Waals surface area contributed by atoms with E-state index < -0.39 is 19.5 Å². The van der Waals surface area contributed by atoms with Gasteiger partial charge in [0.25, 0.3) is 0 Å². The maximum atomic E-state index is 12.8. The Bertz CT molecular complexity index is 586. The van der Waals surface area contributed by atoms with Crippen molar-refractivity contribution in [2.75, 3.05) is 0 Å². The largest absolute Gasteiger partial charge is 0.459 e. The molecule has 1 aromatic carbocycles. The maximum absolute atomic E-state index is 12.8. The van der Waals surface area contributed by atoms with Crippen LogP contribution in [0.15, 0.2) is 24.3 Å². The maximum Gasteiger partial charge on any atom is 0.445 e. The van der Waals surface area contributed by atoms with Crippen molar-refractivity contribution in [3.63, 3.8) is 0 Å². The van der Waals surface area contributed by atoms with Crippen molar-refractivity contribution in [1.82, 2.24) is 0 Å². The number of benzene rings is 1. The zero-order valence-corrected chi connectivity index (χ0v) is 16.9. The second-order valence-electron chi connectivity index (χ2n) is 6.31. The molecular weight excluding hydrogens is 475 g/mol. The first kappa shape index (κ1) is 18.3. The topological polar surface area (TPSA) is 54.0 Å². The number of phosphoric ester groups is 1. The van der Waals surface area contributed by atoms with E-state index in [-0.39, 0.29) is 27.2 Å². The standard InChI is InChI=1S/C15H20O5P.W/c1-10-13-14(12-8-6-5-7-11(12)9-17-13)19-21(16,18-10)20-15(2,3)4;/h5-8,13-14H,9H2,1-4H3;/q-1;. The van der Waals surface area contributed by atoms with Crippen molar-refractivity contribution < 1.29 is 43.9 Å². The Hall–Kier alpha value is -0.0217. The molecule has 1 fully saturated rings. The normalized spacial score (nSPS) is 31.8. The summed E-state index contributed by atoms with van der Waals surface area (Å²) in [5.74, 6) is 0. The van der Waals surface area contributed by atoms with Gasteiger partial charge in [-0.3, -0.25) is 9.05 Å². The molecule has 0 amide bonds. The first-order chi connectivity index (χ1) is 9.77. The zero-order valence-electron chi connectivity index (χ0n) is 13.1. The molecule has 1 aromatic rings. The summed E-state index contributed by atoms with van der Waals surface area (Å²) < 4.78 is 35.2. The van der Waals surface area contributed by atoms with E-state index >= 15 is 0 Å². The Kier molecular flexibility index (Phi) is 5.39. The SMILES string of the molecule is C[C-]1OP(=O)(OC(C)(C)C)OC2c3ccccc3COC12.[W]. The summed E-state index contributed by atoms with van der Waals surface area (Å²) in [6, 6.07) is 7.83. The molecule has 2 aliphatic rings. The van der Waals surface area contributed by atoms with Gasteiger partial charge in [-0.15, -0.1) is 0 Å². The van der Waals surface area contributed by atoms with Crippen LogP contribution in [0.3, 0.4) is 0 Å². The van der Waals surface area contributed by atoms with Gasteiger partial charge in [-0.1, -0.05) is 24.3 Å². The molecule has 3 unspecified atom stereocenters. The smallest absolute Gasteiger partial charge is 0.445 e. The minimum absolute atomic E-state index is 0. The second kappa shape index (κ2) is 6.47. The van der Waals surface area contributed by atoms with Crippen LogP contribution in [0.2, 0.25) is 0 Å². The first-order valence-electron chi connectivity index (χ1n) is 6.99. The fraction of sp³-hybridized carbons (Fsp3) is 0.533. The van der Waals surface area contributed by atoms with Crippen molar-refractivity contribution >= 4 is 7.82 Å². The predicted octanol–water partition coefficient (Wildman–Crippen LogP) is 4.15. The van der Waals surface area contributed by atoms with Gasteiger partial charge in [-0.2, -0.15) is 13.0 Å². The molecule has 0 aromatic heterocycles. The molecule has 0 spiro atoms. The molecular formula is C15H20O5PW-. The Labute approximate surface area is 145 Å². The van der Waals surface area contributed by atoms with Crippen LogP contribution in [-0.4, -0.2) is 11.7 Å². The van der Waals surface area contributed by atoms with Crippen LogP contribution in [0.4, 0.5) is 0 Å².